The Morgan fingerprint density at radius 1 is 1.30 bits per heavy atom. The van der Waals surface area contributed by atoms with Crippen LogP contribution in [-0.4, -0.2) is 5.75 Å². The van der Waals surface area contributed by atoms with Gasteiger partial charge in [0.15, 0.2) is 0 Å². The van der Waals surface area contributed by atoms with Crippen molar-refractivity contribution in [2.45, 2.75) is 11.8 Å². The van der Waals surface area contributed by atoms with Crippen molar-refractivity contribution in [3.63, 3.8) is 0 Å². The molecule has 0 fully saturated rings. The molecule has 0 saturated carbocycles. The maximum Gasteiger partial charge on any atom is 0.150 e. The van der Waals surface area contributed by atoms with Gasteiger partial charge < -0.3 is 10.5 Å². The molecule has 20 heavy (non-hydrogen) atoms. The van der Waals surface area contributed by atoms with Crippen molar-refractivity contribution in [3.05, 3.63) is 46.4 Å². The third kappa shape index (κ3) is 3.27. The Morgan fingerprint density at radius 3 is 2.75 bits per heavy atom. The smallest absolute Gasteiger partial charge is 0.150 e. The molecule has 5 heteroatoms. The molecular weight excluding hydrogens is 336 g/mol. The molecule has 0 bridgehead atoms. The number of nitrogens with two attached hydrogens (primary N) is 1. The number of hydrogen-bond donors (Lipinski definition) is 1. The van der Waals surface area contributed by atoms with Gasteiger partial charge in [0.25, 0.3) is 0 Å². The van der Waals surface area contributed by atoms with Gasteiger partial charge in [-0.25, -0.2) is 0 Å². The average molecular weight is 349 g/mol. The molecule has 0 saturated heterocycles. The zero-order chi connectivity index (χ0) is 14.5. The van der Waals surface area contributed by atoms with Gasteiger partial charge >= 0.3 is 0 Å². The molecule has 3 nitrogen and oxygen atoms in total. The molecule has 2 rings (SSSR count). The highest BCUT2D eigenvalue weighted by atomic mass is 79.9. The number of ether oxygens (including phenoxy) is 1. The monoisotopic (exact) mass is 348 g/mol. The third-order valence-electron chi connectivity index (χ3n) is 2.59. The van der Waals surface area contributed by atoms with E-state index in [1.165, 1.54) is 0 Å². The van der Waals surface area contributed by atoms with Crippen LogP contribution in [0.2, 0.25) is 0 Å². The lowest BCUT2D eigenvalue weighted by Crippen LogP contribution is -1.95. The standard InChI is InChI=1S/C15H13BrN2OS/c1-2-20-15-5-3-4-13(11(15)9-17)19-14-7-6-10(16)8-12(14)18/h3-8H,2,18H2,1H3. The lowest BCUT2D eigenvalue weighted by Gasteiger charge is -2.12. The molecule has 2 aromatic rings. The predicted molar refractivity (Wildman–Crippen MR) is 86.2 cm³/mol. The molecule has 0 aliphatic heterocycles. The Hall–Kier alpha value is -1.64. The topological polar surface area (TPSA) is 59.0 Å². The van der Waals surface area contributed by atoms with Crippen molar-refractivity contribution in [1.82, 2.24) is 0 Å². The number of nitrogens with zero attached hydrogens (tertiary/aromatic N) is 1. The summed E-state index contributed by atoms with van der Waals surface area (Å²) in [5.41, 5.74) is 6.98. The van der Waals surface area contributed by atoms with E-state index >= 15 is 0 Å². The summed E-state index contributed by atoms with van der Waals surface area (Å²) in [6, 6.07) is 13.2. The fraction of sp³-hybridized carbons (Fsp3) is 0.133. The molecule has 2 aromatic carbocycles. The molecule has 0 unspecified atom stereocenters. The molecule has 2 N–H and O–H groups in total. The lowest BCUT2D eigenvalue weighted by atomic mass is 10.2. The maximum absolute atomic E-state index is 9.34. The minimum atomic E-state index is 0.525. The highest BCUT2D eigenvalue weighted by Gasteiger charge is 2.11. The molecule has 0 heterocycles. The van der Waals surface area contributed by atoms with Gasteiger partial charge in [-0.05, 0) is 36.1 Å². The summed E-state index contributed by atoms with van der Waals surface area (Å²) < 4.78 is 6.68. The highest BCUT2D eigenvalue weighted by Crippen LogP contribution is 2.35. The first-order valence-electron chi connectivity index (χ1n) is 6.04. The lowest BCUT2D eigenvalue weighted by molar-refractivity contribution is 0.482. The van der Waals surface area contributed by atoms with Gasteiger partial charge in [-0.2, -0.15) is 5.26 Å². The number of halogens is 1. The van der Waals surface area contributed by atoms with Crippen LogP contribution < -0.4 is 10.5 Å². The average Bonchev–Trinajstić information content (AvgIpc) is 2.42. The molecule has 0 aliphatic carbocycles. The van der Waals surface area contributed by atoms with Crippen molar-refractivity contribution in [2.75, 3.05) is 11.5 Å². The van der Waals surface area contributed by atoms with Gasteiger partial charge in [0.1, 0.15) is 23.1 Å². The summed E-state index contributed by atoms with van der Waals surface area (Å²) in [7, 11) is 0. The van der Waals surface area contributed by atoms with Crippen LogP contribution >= 0.6 is 27.7 Å². The Labute approximate surface area is 130 Å². The molecule has 0 atom stereocenters. The second-order valence-electron chi connectivity index (χ2n) is 3.96. The van der Waals surface area contributed by atoms with E-state index in [2.05, 4.69) is 22.0 Å². The van der Waals surface area contributed by atoms with Crippen LogP contribution in [0.1, 0.15) is 12.5 Å². The van der Waals surface area contributed by atoms with E-state index in [0.717, 1.165) is 15.1 Å². The fourth-order valence-electron chi connectivity index (χ4n) is 1.71. The summed E-state index contributed by atoms with van der Waals surface area (Å²) in [6.07, 6.45) is 0. The number of hydrogen-bond acceptors (Lipinski definition) is 4. The second-order valence-corrected chi connectivity index (χ2v) is 6.18. The number of nitriles is 1. The minimum Gasteiger partial charge on any atom is -0.454 e. The number of benzene rings is 2. The van der Waals surface area contributed by atoms with Gasteiger partial charge in [-0.1, -0.05) is 28.9 Å². The van der Waals surface area contributed by atoms with Crippen LogP contribution in [0, 0.1) is 11.3 Å². The van der Waals surface area contributed by atoms with Crippen LogP contribution in [0.5, 0.6) is 11.5 Å². The van der Waals surface area contributed by atoms with E-state index in [4.69, 9.17) is 10.5 Å². The van der Waals surface area contributed by atoms with E-state index in [0.29, 0.717) is 22.7 Å². The molecule has 0 spiro atoms. The highest BCUT2D eigenvalue weighted by molar-refractivity contribution is 9.10. The Bertz CT molecular complexity index is 667. The molecular formula is C15H13BrN2OS. The van der Waals surface area contributed by atoms with Crippen molar-refractivity contribution in [1.29, 1.82) is 5.26 Å². The summed E-state index contributed by atoms with van der Waals surface area (Å²) in [5.74, 6) is 1.97. The van der Waals surface area contributed by atoms with E-state index in [9.17, 15) is 5.26 Å². The van der Waals surface area contributed by atoms with Crippen LogP contribution in [0.3, 0.4) is 0 Å². The summed E-state index contributed by atoms with van der Waals surface area (Å²) in [6.45, 7) is 2.05. The van der Waals surface area contributed by atoms with Gasteiger partial charge in [0, 0.05) is 9.37 Å². The van der Waals surface area contributed by atoms with Gasteiger partial charge in [0.05, 0.1) is 5.69 Å². The fourth-order valence-corrected chi connectivity index (χ4v) is 2.87. The predicted octanol–water partition coefficient (Wildman–Crippen LogP) is 4.81. The zero-order valence-electron chi connectivity index (χ0n) is 10.9. The number of nitrogen functional groups attached to an aromatic ring is 1. The van der Waals surface area contributed by atoms with Crippen LogP contribution in [0.4, 0.5) is 5.69 Å². The summed E-state index contributed by atoms with van der Waals surface area (Å²) in [4.78, 5) is 0.920. The van der Waals surface area contributed by atoms with Crippen LogP contribution in [-0.2, 0) is 0 Å². The largest absolute Gasteiger partial charge is 0.454 e. The van der Waals surface area contributed by atoms with Crippen molar-refractivity contribution in [3.8, 4) is 17.6 Å². The Morgan fingerprint density at radius 2 is 2.10 bits per heavy atom. The minimum absolute atomic E-state index is 0.525. The molecule has 0 aliphatic rings. The first-order chi connectivity index (χ1) is 9.65. The Balaban J connectivity index is 2.38. The van der Waals surface area contributed by atoms with Gasteiger partial charge in [-0.3, -0.25) is 0 Å². The molecule has 102 valence electrons. The quantitative estimate of drug-likeness (QED) is 0.636. The number of rotatable bonds is 4. The van der Waals surface area contributed by atoms with Crippen LogP contribution in [0.25, 0.3) is 0 Å². The van der Waals surface area contributed by atoms with E-state index in [1.807, 2.05) is 25.1 Å². The van der Waals surface area contributed by atoms with Gasteiger partial charge in [0.2, 0.25) is 0 Å². The number of anilines is 1. The SMILES string of the molecule is CCSc1cccc(Oc2ccc(Br)cc2N)c1C#N. The maximum atomic E-state index is 9.34. The normalized spacial score (nSPS) is 10.1. The molecule has 0 aromatic heterocycles. The van der Waals surface area contributed by atoms with Crippen molar-refractivity contribution in [2.24, 2.45) is 0 Å². The van der Waals surface area contributed by atoms with Gasteiger partial charge in [-0.15, -0.1) is 11.8 Å². The van der Waals surface area contributed by atoms with Crippen molar-refractivity contribution < 1.29 is 4.74 Å². The zero-order valence-corrected chi connectivity index (χ0v) is 13.3. The summed E-state index contributed by atoms with van der Waals surface area (Å²) in [5, 5.41) is 9.34. The Kier molecular flexibility index (Phi) is 4.94. The second kappa shape index (κ2) is 6.69. The number of thioether (sulfide) groups is 1. The van der Waals surface area contributed by atoms with E-state index < -0.39 is 0 Å². The van der Waals surface area contributed by atoms with E-state index in [-0.39, 0.29) is 0 Å². The van der Waals surface area contributed by atoms with Crippen molar-refractivity contribution >= 4 is 33.4 Å². The summed E-state index contributed by atoms with van der Waals surface area (Å²) >= 11 is 4.97. The van der Waals surface area contributed by atoms with Crippen LogP contribution in [0.15, 0.2) is 45.8 Å². The molecule has 0 radical (unpaired) electrons. The van der Waals surface area contributed by atoms with E-state index in [1.54, 1.807) is 30.0 Å². The first kappa shape index (κ1) is 14.8. The molecule has 0 amide bonds. The first-order valence-corrected chi connectivity index (χ1v) is 7.82. The third-order valence-corrected chi connectivity index (χ3v) is 4.02.